The quantitative estimate of drug-likeness (QED) is 0.877. The topological polar surface area (TPSA) is 43.8 Å². The molecular formula is C15H21N3. The van der Waals surface area contributed by atoms with Crippen molar-refractivity contribution in [2.75, 3.05) is 0 Å². The molecule has 1 aromatic carbocycles. The molecule has 1 atom stereocenters. The number of aromatic nitrogens is 2. The van der Waals surface area contributed by atoms with E-state index in [1.807, 2.05) is 12.4 Å². The predicted octanol–water partition coefficient (Wildman–Crippen LogP) is 2.90. The smallest absolute Gasteiger partial charge is 0.113 e. The minimum absolute atomic E-state index is 0.150. The first kappa shape index (κ1) is 12.8. The summed E-state index contributed by atoms with van der Waals surface area (Å²) in [6.07, 6.45) is 5.74. The van der Waals surface area contributed by atoms with E-state index >= 15 is 0 Å². The van der Waals surface area contributed by atoms with Crippen molar-refractivity contribution in [3.8, 4) is 0 Å². The highest BCUT2D eigenvalue weighted by Gasteiger charge is 2.05. The van der Waals surface area contributed by atoms with Crippen molar-refractivity contribution in [3.63, 3.8) is 0 Å². The van der Waals surface area contributed by atoms with Crippen molar-refractivity contribution < 1.29 is 0 Å². The van der Waals surface area contributed by atoms with Crippen LogP contribution in [0.2, 0.25) is 0 Å². The molecule has 0 aliphatic carbocycles. The first-order valence-electron chi connectivity index (χ1n) is 6.59. The van der Waals surface area contributed by atoms with Crippen LogP contribution in [-0.4, -0.2) is 9.55 Å². The number of benzene rings is 1. The monoisotopic (exact) mass is 243 g/mol. The second-order valence-corrected chi connectivity index (χ2v) is 4.56. The lowest BCUT2D eigenvalue weighted by molar-refractivity contribution is 0.697. The predicted molar refractivity (Wildman–Crippen MR) is 74.4 cm³/mol. The average Bonchev–Trinajstić information content (AvgIpc) is 2.86. The summed E-state index contributed by atoms with van der Waals surface area (Å²) in [7, 11) is 0. The van der Waals surface area contributed by atoms with Gasteiger partial charge in [-0.2, -0.15) is 0 Å². The zero-order valence-corrected chi connectivity index (χ0v) is 11.1. The largest absolute Gasteiger partial charge is 0.335 e. The van der Waals surface area contributed by atoms with Gasteiger partial charge in [0.05, 0.1) is 0 Å². The standard InChI is InChI=1S/C15H21N3/c1-3-14(16)13-7-5-12(6-8-13)11-15-17-9-10-18(15)4-2/h5-10,14H,3-4,11,16H2,1-2H3. The second-order valence-electron chi connectivity index (χ2n) is 4.56. The van der Waals surface area contributed by atoms with Crippen molar-refractivity contribution in [2.24, 2.45) is 5.73 Å². The summed E-state index contributed by atoms with van der Waals surface area (Å²) in [5, 5.41) is 0. The molecule has 0 fully saturated rings. The highest BCUT2D eigenvalue weighted by Crippen LogP contribution is 2.16. The van der Waals surface area contributed by atoms with Crippen molar-refractivity contribution in [1.82, 2.24) is 9.55 Å². The highest BCUT2D eigenvalue weighted by atomic mass is 15.0. The fraction of sp³-hybridized carbons (Fsp3) is 0.400. The van der Waals surface area contributed by atoms with Crippen LogP contribution in [0.1, 0.15) is 43.3 Å². The van der Waals surface area contributed by atoms with E-state index in [0.717, 1.165) is 25.2 Å². The van der Waals surface area contributed by atoms with Crippen LogP contribution in [0.4, 0.5) is 0 Å². The normalized spacial score (nSPS) is 12.6. The van der Waals surface area contributed by atoms with Crippen molar-refractivity contribution in [3.05, 3.63) is 53.6 Å². The molecule has 0 bridgehead atoms. The summed E-state index contributed by atoms with van der Waals surface area (Å²) in [5.41, 5.74) is 8.50. The van der Waals surface area contributed by atoms with E-state index in [1.165, 1.54) is 11.1 Å². The van der Waals surface area contributed by atoms with Gasteiger partial charge in [-0.3, -0.25) is 0 Å². The zero-order chi connectivity index (χ0) is 13.0. The van der Waals surface area contributed by atoms with Gasteiger partial charge in [0.2, 0.25) is 0 Å². The van der Waals surface area contributed by atoms with E-state index in [4.69, 9.17) is 5.73 Å². The molecule has 0 saturated heterocycles. The van der Waals surface area contributed by atoms with E-state index in [9.17, 15) is 0 Å². The molecule has 1 heterocycles. The molecule has 2 aromatic rings. The third-order valence-corrected chi connectivity index (χ3v) is 3.35. The maximum atomic E-state index is 6.01. The third kappa shape index (κ3) is 2.79. The second kappa shape index (κ2) is 5.83. The van der Waals surface area contributed by atoms with E-state index in [2.05, 4.69) is 47.7 Å². The maximum absolute atomic E-state index is 6.01. The number of aryl methyl sites for hydroxylation is 1. The lowest BCUT2D eigenvalue weighted by Crippen LogP contribution is -2.08. The highest BCUT2D eigenvalue weighted by molar-refractivity contribution is 5.26. The van der Waals surface area contributed by atoms with Crippen molar-refractivity contribution in [2.45, 2.75) is 39.3 Å². The Balaban J connectivity index is 2.11. The molecule has 3 heteroatoms. The fourth-order valence-electron chi connectivity index (χ4n) is 2.10. The van der Waals surface area contributed by atoms with Gasteiger partial charge in [-0.05, 0) is 24.5 Å². The average molecular weight is 243 g/mol. The third-order valence-electron chi connectivity index (χ3n) is 3.35. The summed E-state index contributed by atoms with van der Waals surface area (Å²) in [4.78, 5) is 4.39. The molecule has 0 saturated carbocycles. The Morgan fingerprint density at radius 2 is 1.94 bits per heavy atom. The zero-order valence-electron chi connectivity index (χ0n) is 11.1. The van der Waals surface area contributed by atoms with Gasteiger partial charge in [0.1, 0.15) is 5.82 Å². The molecule has 0 amide bonds. The summed E-state index contributed by atoms with van der Waals surface area (Å²) >= 11 is 0. The SMILES string of the molecule is CCC(N)c1ccc(Cc2nccn2CC)cc1. The molecule has 1 unspecified atom stereocenters. The first-order chi connectivity index (χ1) is 8.74. The van der Waals surface area contributed by atoms with Crippen LogP contribution < -0.4 is 5.73 Å². The van der Waals surface area contributed by atoms with Crippen molar-refractivity contribution >= 4 is 0 Å². The Morgan fingerprint density at radius 1 is 1.22 bits per heavy atom. The molecule has 2 rings (SSSR count). The molecule has 1 aromatic heterocycles. The minimum Gasteiger partial charge on any atom is -0.335 e. The maximum Gasteiger partial charge on any atom is 0.113 e. The van der Waals surface area contributed by atoms with Crippen LogP contribution >= 0.6 is 0 Å². The molecule has 0 spiro atoms. The van der Waals surface area contributed by atoms with Gasteiger partial charge in [-0.1, -0.05) is 31.2 Å². The Labute approximate surface area is 109 Å². The molecule has 18 heavy (non-hydrogen) atoms. The van der Waals surface area contributed by atoms with Crippen LogP contribution in [0.3, 0.4) is 0 Å². The number of hydrogen-bond acceptors (Lipinski definition) is 2. The van der Waals surface area contributed by atoms with Crippen LogP contribution in [0, 0.1) is 0 Å². The summed E-state index contributed by atoms with van der Waals surface area (Å²) in [5.74, 6) is 1.12. The van der Waals surface area contributed by atoms with Crippen LogP contribution in [0.5, 0.6) is 0 Å². The van der Waals surface area contributed by atoms with Gasteiger partial charge in [0.15, 0.2) is 0 Å². The molecular weight excluding hydrogens is 222 g/mol. The Kier molecular flexibility index (Phi) is 4.15. The molecule has 96 valence electrons. The minimum atomic E-state index is 0.150. The van der Waals surface area contributed by atoms with Crippen molar-refractivity contribution in [1.29, 1.82) is 0 Å². The lowest BCUT2D eigenvalue weighted by Gasteiger charge is -2.10. The van der Waals surface area contributed by atoms with Gasteiger partial charge in [-0.25, -0.2) is 4.98 Å². The van der Waals surface area contributed by atoms with Crippen LogP contribution in [0.25, 0.3) is 0 Å². The Hall–Kier alpha value is -1.61. The van der Waals surface area contributed by atoms with Gasteiger partial charge in [0.25, 0.3) is 0 Å². The lowest BCUT2D eigenvalue weighted by atomic mass is 10.0. The van der Waals surface area contributed by atoms with E-state index < -0.39 is 0 Å². The van der Waals surface area contributed by atoms with E-state index in [-0.39, 0.29) is 6.04 Å². The van der Waals surface area contributed by atoms with Crippen LogP contribution in [0.15, 0.2) is 36.7 Å². The Morgan fingerprint density at radius 3 is 2.56 bits per heavy atom. The molecule has 0 radical (unpaired) electrons. The molecule has 2 N–H and O–H groups in total. The summed E-state index contributed by atoms with van der Waals surface area (Å²) in [6, 6.07) is 8.71. The number of nitrogens with two attached hydrogens (primary N) is 1. The molecule has 3 nitrogen and oxygen atoms in total. The van der Waals surface area contributed by atoms with Gasteiger partial charge in [0, 0.05) is 31.4 Å². The number of nitrogens with zero attached hydrogens (tertiary/aromatic N) is 2. The molecule has 0 aliphatic heterocycles. The number of hydrogen-bond donors (Lipinski definition) is 1. The number of imidazole rings is 1. The van der Waals surface area contributed by atoms with Gasteiger partial charge < -0.3 is 10.3 Å². The number of rotatable bonds is 5. The van der Waals surface area contributed by atoms with Gasteiger partial charge >= 0.3 is 0 Å². The van der Waals surface area contributed by atoms with E-state index in [0.29, 0.717) is 0 Å². The van der Waals surface area contributed by atoms with E-state index in [1.54, 1.807) is 0 Å². The summed E-state index contributed by atoms with van der Waals surface area (Å²) < 4.78 is 2.17. The molecule has 0 aliphatic rings. The summed E-state index contributed by atoms with van der Waals surface area (Å²) in [6.45, 7) is 5.21. The fourth-order valence-corrected chi connectivity index (χ4v) is 2.10. The first-order valence-corrected chi connectivity index (χ1v) is 6.59. The van der Waals surface area contributed by atoms with Gasteiger partial charge in [-0.15, -0.1) is 0 Å². The van der Waals surface area contributed by atoms with Crippen LogP contribution in [-0.2, 0) is 13.0 Å². The Bertz CT molecular complexity index is 485.